The molecule has 5 nitrogen and oxygen atoms in total. The van der Waals surface area contributed by atoms with Gasteiger partial charge >= 0.3 is 0 Å². The third-order valence-corrected chi connectivity index (χ3v) is 2.27. The number of nitrogens with one attached hydrogen (secondary N) is 2. The van der Waals surface area contributed by atoms with E-state index in [-0.39, 0.29) is 5.91 Å². The van der Waals surface area contributed by atoms with Crippen LogP contribution in [0.2, 0.25) is 0 Å². The normalized spacial score (nSPS) is 11.7. The van der Waals surface area contributed by atoms with Crippen molar-refractivity contribution in [3.05, 3.63) is 35.4 Å². The van der Waals surface area contributed by atoms with Crippen molar-refractivity contribution in [2.75, 3.05) is 0 Å². The molecular weight excluding hydrogens is 206 g/mol. The largest absolute Gasteiger partial charge is 0.340 e. The summed E-state index contributed by atoms with van der Waals surface area (Å²) in [5.41, 5.74) is 3.40. The highest BCUT2D eigenvalue weighted by molar-refractivity contribution is 5.98. The quantitative estimate of drug-likeness (QED) is 0.384. The number of hydrogen-bond donors (Lipinski definition) is 3. The molecule has 0 bridgehead atoms. The summed E-state index contributed by atoms with van der Waals surface area (Å²) in [7, 11) is 0. The highest BCUT2D eigenvalue weighted by Crippen LogP contribution is 2.06. The van der Waals surface area contributed by atoms with Crippen molar-refractivity contribution in [2.24, 2.45) is 5.84 Å². The molecule has 0 aromatic heterocycles. The van der Waals surface area contributed by atoms with Crippen LogP contribution in [0.4, 0.5) is 0 Å². The molecule has 1 aromatic rings. The molecule has 16 heavy (non-hydrogen) atoms. The Labute approximate surface area is 94.0 Å². The van der Waals surface area contributed by atoms with Crippen LogP contribution in [0.5, 0.6) is 0 Å². The highest BCUT2D eigenvalue weighted by Gasteiger charge is 2.16. The van der Waals surface area contributed by atoms with E-state index in [4.69, 9.17) is 5.84 Å². The lowest BCUT2D eigenvalue weighted by Gasteiger charge is -2.13. The summed E-state index contributed by atoms with van der Waals surface area (Å²) in [4.78, 5) is 22.9. The van der Waals surface area contributed by atoms with Gasteiger partial charge in [-0.25, -0.2) is 5.84 Å². The van der Waals surface area contributed by atoms with Crippen LogP contribution in [0.1, 0.15) is 22.8 Å². The number of carbonyl (C=O) groups is 2. The molecule has 0 aliphatic carbocycles. The first-order chi connectivity index (χ1) is 7.56. The third kappa shape index (κ3) is 2.80. The van der Waals surface area contributed by atoms with Crippen LogP contribution < -0.4 is 16.6 Å². The highest BCUT2D eigenvalue weighted by atomic mass is 16.2. The van der Waals surface area contributed by atoms with E-state index in [2.05, 4.69) is 5.32 Å². The van der Waals surface area contributed by atoms with Gasteiger partial charge in [-0.05, 0) is 25.5 Å². The van der Waals surface area contributed by atoms with Gasteiger partial charge in [-0.2, -0.15) is 0 Å². The van der Waals surface area contributed by atoms with E-state index in [0.29, 0.717) is 5.56 Å². The predicted molar refractivity (Wildman–Crippen MR) is 60.4 cm³/mol. The van der Waals surface area contributed by atoms with E-state index in [1.807, 2.05) is 24.5 Å². The summed E-state index contributed by atoms with van der Waals surface area (Å²) in [6.07, 6.45) is 0. The van der Waals surface area contributed by atoms with E-state index in [1.54, 1.807) is 19.1 Å². The van der Waals surface area contributed by atoms with Gasteiger partial charge in [0, 0.05) is 5.56 Å². The first kappa shape index (κ1) is 12.2. The zero-order valence-corrected chi connectivity index (χ0v) is 9.28. The van der Waals surface area contributed by atoms with Gasteiger partial charge in [-0.3, -0.25) is 15.0 Å². The van der Waals surface area contributed by atoms with Crippen molar-refractivity contribution in [1.82, 2.24) is 10.7 Å². The lowest BCUT2D eigenvalue weighted by Crippen LogP contribution is -2.47. The summed E-state index contributed by atoms with van der Waals surface area (Å²) in [6.45, 7) is 3.40. The molecule has 4 N–H and O–H groups in total. The van der Waals surface area contributed by atoms with Crippen molar-refractivity contribution >= 4 is 11.8 Å². The topological polar surface area (TPSA) is 84.2 Å². The second-order valence-electron chi connectivity index (χ2n) is 3.52. The molecule has 1 aromatic carbocycles. The molecule has 0 unspecified atom stereocenters. The van der Waals surface area contributed by atoms with Crippen LogP contribution in [0.3, 0.4) is 0 Å². The molecule has 0 aliphatic rings. The first-order valence-electron chi connectivity index (χ1n) is 4.93. The molecule has 5 heteroatoms. The number of benzene rings is 1. The van der Waals surface area contributed by atoms with Crippen molar-refractivity contribution in [3.63, 3.8) is 0 Å². The molecule has 1 rings (SSSR count). The van der Waals surface area contributed by atoms with Gasteiger partial charge in [0.2, 0.25) is 0 Å². The molecule has 0 saturated heterocycles. The maximum absolute atomic E-state index is 11.8. The second-order valence-corrected chi connectivity index (χ2v) is 3.52. The fourth-order valence-electron chi connectivity index (χ4n) is 1.29. The van der Waals surface area contributed by atoms with Gasteiger partial charge in [0.1, 0.15) is 6.04 Å². The molecule has 0 heterocycles. The van der Waals surface area contributed by atoms with Crippen LogP contribution in [0.25, 0.3) is 0 Å². The fraction of sp³-hybridized carbons (Fsp3) is 0.273. The summed E-state index contributed by atoms with van der Waals surface area (Å²) < 4.78 is 0. The molecule has 0 spiro atoms. The van der Waals surface area contributed by atoms with E-state index in [0.717, 1.165) is 5.56 Å². The average molecular weight is 221 g/mol. The Kier molecular flexibility index (Phi) is 4.02. The third-order valence-electron chi connectivity index (χ3n) is 2.27. The number of rotatable bonds is 3. The molecule has 0 fully saturated rings. The Morgan fingerprint density at radius 1 is 1.31 bits per heavy atom. The molecular formula is C11H15N3O2. The minimum atomic E-state index is -0.655. The molecule has 1 atom stereocenters. The van der Waals surface area contributed by atoms with Crippen LogP contribution in [0, 0.1) is 6.92 Å². The van der Waals surface area contributed by atoms with Crippen molar-refractivity contribution in [3.8, 4) is 0 Å². The zero-order chi connectivity index (χ0) is 12.1. The molecule has 0 radical (unpaired) electrons. The van der Waals surface area contributed by atoms with E-state index < -0.39 is 11.9 Å². The van der Waals surface area contributed by atoms with E-state index in [1.165, 1.54) is 0 Å². The van der Waals surface area contributed by atoms with Crippen molar-refractivity contribution in [2.45, 2.75) is 19.9 Å². The summed E-state index contributed by atoms with van der Waals surface area (Å²) >= 11 is 0. The summed E-state index contributed by atoms with van der Waals surface area (Å²) in [6, 6.07) is 6.51. The predicted octanol–water partition coefficient (Wildman–Crippen LogP) is 0.103. The number of nitrogens with two attached hydrogens (primary N) is 1. The minimum Gasteiger partial charge on any atom is -0.340 e. The molecule has 0 saturated carbocycles. The maximum atomic E-state index is 11.8. The molecule has 2 amide bonds. The van der Waals surface area contributed by atoms with Gasteiger partial charge in [-0.15, -0.1) is 0 Å². The molecule has 86 valence electrons. The Balaban J connectivity index is 2.73. The van der Waals surface area contributed by atoms with Crippen molar-refractivity contribution < 1.29 is 9.59 Å². The first-order valence-corrected chi connectivity index (χ1v) is 4.93. The number of aryl methyl sites for hydroxylation is 1. The van der Waals surface area contributed by atoms with Gasteiger partial charge < -0.3 is 5.32 Å². The number of hydrogen-bond acceptors (Lipinski definition) is 3. The van der Waals surface area contributed by atoms with E-state index in [9.17, 15) is 9.59 Å². The lowest BCUT2D eigenvalue weighted by molar-refractivity contribution is -0.122. The Bertz CT molecular complexity index is 404. The second kappa shape index (κ2) is 5.27. The Morgan fingerprint density at radius 2 is 1.94 bits per heavy atom. The number of carbonyl (C=O) groups excluding carboxylic acids is 2. The van der Waals surface area contributed by atoms with Crippen LogP contribution >= 0.6 is 0 Å². The van der Waals surface area contributed by atoms with Crippen LogP contribution in [0.15, 0.2) is 24.3 Å². The maximum Gasteiger partial charge on any atom is 0.256 e. The fourth-order valence-corrected chi connectivity index (χ4v) is 1.29. The average Bonchev–Trinajstić information content (AvgIpc) is 2.28. The van der Waals surface area contributed by atoms with Crippen LogP contribution in [-0.4, -0.2) is 17.9 Å². The van der Waals surface area contributed by atoms with E-state index >= 15 is 0 Å². The standard InChI is InChI=1S/C11H15N3O2/c1-7-5-3-4-6-9(7)11(16)13-8(2)10(15)14-12/h3-6,8H,12H2,1-2H3,(H,13,16)(H,14,15)/t8-/m0/s1. The molecule has 0 aliphatic heterocycles. The SMILES string of the molecule is Cc1ccccc1C(=O)N[C@@H](C)C(=O)NN. The summed E-state index contributed by atoms with van der Waals surface area (Å²) in [5, 5.41) is 2.56. The van der Waals surface area contributed by atoms with Gasteiger partial charge in [0.15, 0.2) is 0 Å². The zero-order valence-electron chi connectivity index (χ0n) is 9.28. The minimum absolute atomic E-state index is 0.283. The summed E-state index contributed by atoms with van der Waals surface area (Å²) in [5.74, 6) is 4.25. The van der Waals surface area contributed by atoms with Crippen LogP contribution in [-0.2, 0) is 4.79 Å². The van der Waals surface area contributed by atoms with Gasteiger partial charge in [-0.1, -0.05) is 18.2 Å². The lowest BCUT2D eigenvalue weighted by atomic mass is 10.1. The van der Waals surface area contributed by atoms with Gasteiger partial charge in [0.05, 0.1) is 0 Å². The van der Waals surface area contributed by atoms with Crippen molar-refractivity contribution in [1.29, 1.82) is 0 Å². The number of amides is 2. The number of hydrazine groups is 1. The monoisotopic (exact) mass is 221 g/mol. The Morgan fingerprint density at radius 3 is 2.50 bits per heavy atom. The Hall–Kier alpha value is -1.88. The van der Waals surface area contributed by atoms with Gasteiger partial charge in [0.25, 0.3) is 11.8 Å². The smallest absolute Gasteiger partial charge is 0.256 e.